The van der Waals surface area contributed by atoms with Gasteiger partial charge in [0.15, 0.2) is 0 Å². The predicted molar refractivity (Wildman–Crippen MR) is 152 cm³/mol. The molecule has 216 valence electrons. The molecule has 40 heavy (non-hydrogen) atoms. The van der Waals surface area contributed by atoms with E-state index in [2.05, 4.69) is 24.7 Å². The summed E-state index contributed by atoms with van der Waals surface area (Å²) < 4.78 is 14.2. The largest absolute Gasteiger partial charge is 0.480 e. The van der Waals surface area contributed by atoms with Gasteiger partial charge in [0, 0.05) is 44.7 Å². The number of benzene rings is 1. The highest BCUT2D eigenvalue weighted by molar-refractivity contribution is 5.73. The third-order valence-electron chi connectivity index (χ3n) is 10.0. The standard InChI is InChI=1S/C31H42FN5O3/c32-26-3-1-2-24(15-26)27-19-37(28(31(39)40)14-21-4-5-21)18-25(27)17-35-10-6-22(7-11-35)23-8-12-36(13-9-23)29-16-30(38)34-20-33-29/h1-3,15-16,20-23,25,27-28H,4-14,17-19H2,(H,39,40)(H,33,34,38). The summed E-state index contributed by atoms with van der Waals surface area (Å²) >= 11 is 0. The molecule has 4 heterocycles. The third-order valence-corrected chi connectivity index (χ3v) is 10.0. The lowest BCUT2D eigenvalue weighted by atomic mass is 9.78. The first-order valence-electron chi connectivity index (χ1n) is 15.2. The number of aromatic amines is 1. The van der Waals surface area contributed by atoms with Gasteiger partial charge in [-0.15, -0.1) is 0 Å². The maximum Gasteiger partial charge on any atom is 0.320 e. The summed E-state index contributed by atoms with van der Waals surface area (Å²) in [6.07, 6.45) is 9.15. The van der Waals surface area contributed by atoms with Crippen LogP contribution in [0.3, 0.4) is 0 Å². The molecule has 6 rings (SSSR count). The Balaban J connectivity index is 1.05. The van der Waals surface area contributed by atoms with E-state index in [9.17, 15) is 19.1 Å². The van der Waals surface area contributed by atoms with Crippen LogP contribution in [0, 0.1) is 29.5 Å². The Hall–Kier alpha value is -2.78. The number of hydrogen-bond acceptors (Lipinski definition) is 6. The number of nitrogens with one attached hydrogen (secondary N) is 1. The first-order valence-corrected chi connectivity index (χ1v) is 15.2. The molecule has 1 saturated carbocycles. The Morgan fingerprint density at radius 3 is 2.40 bits per heavy atom. The first-order chi connectivity index (χ1) is 19.4. The molecular weight excluding hydrogens is 509 g/mol. The number of H-pyrrole nitrogens is 1. The van der Waals surface area contributed by atoms with Crippen molar-refractivity contribution in [2.75, 3.05) is 50.7 Å². The van der Waals surface area contributed by atoms with E-state index in [-0.39, 0.29) is 17.3 Å². The highest BCUT2D eigenvalue weighted by Gasteiger charge is 2.42. The minimum atomic E-state index is -0.716. The highest BCUT2D eigenvalue weighted by atomic mass is 19.1. The van der Waals surface area contributed by atoms with E-state index in [0.29, 0.717) is 24.3 Å². The lowest BCUT2D eigenvalue weighted by molar-refractivity contribution is -0.143. The molecule has 1 aromatic carbocycles. The molecule has 0 bridgehead atoms. The van der Waals surface area contributed by atoms with Crippen LogP contribution in [-0.2, 0) is 4.79 Å². The zero-order chi connectivity index (χ0) is 27.6. The lowest BCUT2D eigenvalue weighted by Crippen LogP contribution is -2.43. The fourth-order valence-corrected chi connectivity index (χ4v) is 7.60. The van der Waals surface area contributed by atoms with Crippen molar-refractivity contribution in [3.8, 4) is 0 Å². The summed E-state index contributed by atoms with van der Waals surface area (Å²) in [6.45, 7) is 6.41. The molecule has 9 heteroatoms. The van der Waals surface area contributed by atoms with Gasteiger partial charge in [0.2, 0.25) is 0 Å². The monoisotopic (exact) mass is 551 g/mol. The molecule has 3 aliphatic heterocycles. The van der Waals surface area contributed by atoms with Crippen molar-refractivity contribution in [2.45, 2.75) is 56.9 Å². The first kappa shape index (κ1) is 27.4. The van der Waals surface area contributed by atoms with Gasteiger partial charge in [0.1, 0.15) is 17.7 Å². The minimum absolute atomic E-state index is 0.106. The molecule has 2 N–H and O–H groups in total. The molecule has 3 unspecified atom stereocenters. The van der Waals surface area contributed by atoms with E-state index in [1.54, 1.807) is 18.2 Å². The summed E-state index contributed by atoms with van der Waals surface area (Å²) in [7, 11) is 0. The maximum atomic E-state index is 14.2. The highest BCUT2D eigenvalue weighted by Crippen LogP contribution is 2.40. The van der Waals surface area contributed by atoms with Crippen LogP contribution in [0.2, 0.25) is 0 Å². The van der Waals surface area contributed by atoms with Crippen LogP contribution >= 0.6 is 0 Å². The molecule has 2 aromatic rings. The average molecular weight is 552 g/mol. The van der Waals surface area contributed by atoms with Gasteiger partial charge in [0.05, 0.1) is 6.33 Å². The van der Waals surface area contributed by atoms with Crippen molar-refractivity contribution in [3.05, 3.63) is 58.4 Å². The van der Waals surface area contributed by atoms with Crippen molar-refractivity contribution in [1.82, 2.24) is 19.8 Å². The Morgan fingerprint density at radius 1 is 1.02 bits per heavy atom. The van der Waals surface area contributed by atoms with E-state index in [1.807, 2.05) is 6.07 Å². The quantitative estimate of drug-likeness (QED) is 0.490. The van der Waals surface area contributed by atoms with Crippen molar-refractivity contribution < 1.29 is 14.3 Å². The molecule has 3 saturated heterocycles. The second kappa shape index (κ2) is 12.0. The second-order valence-electron chi connectivity index (χ2n) is 12.6. The van der Waals surface area contributed by atoms with Gasteiger partial charge in [-0.3, -0.25) is 14.5 Å². The summed E-state index contributed by atoms with van der Waals surface area (Å²) in [5.74, 6) is 2.27. The summed E-state index contributed by atoms with van der Waals surface area (Å²) in [6, 6.07) is 8.09. The fourth-order valence-electron chi connectivity index (χ4n) is 7.60. The molecule has 3 atom stereocenters. The Bertz CT molecular complexity index is 1220. The summed E-state index contributed by atoms with van der Waals surface area (Å²) in [4.78, 5) is 37.8. The number of aliphatic carboxylic acids is 1. The number of aromatic nitrogens is 2. The summed E-state index contributed by atoms with van der Waals surface area (Å²) in [5.41, 5.74) is 0.894. The number of carbonyl (C=O) groups is 1. The van der Waals surface area contributed by atoms with E-state index in [1.165, 1.54) is 25.2 Å². The lowest BCUT2D eigenvalue weighted by Gasteiger charge is -2.41. The molecule has 4 fully saturated rings. The topological polar surface area (TPSA) is 92.8 Å². The zero-order valence-corrected chi connectivity index (χ0v) is 23.3. The molecule has 0 amide bonds. The van der Waals surface area contributed by atoms with E-state index < -0.39 is 12.0 Å². The smallest absolute Gasteiger partial charge is 0.320 e. The normalized spacial score (nSPS) is 26.3. The number of nitrogens with zero attached hydrogens (tertiary/aromatic N) is 4. The van der Waals surface area contributed by atoms with Crippen LogP contribution in [-0.4, -0.2) is 82.7 Å². The minimum Gasteiger partial charge on any atom is -0.480 e. The van der Waals surface area contributed by atoms with E-state index in [0.717, 1.165) is 88.7 Å². The molecule has 8 nitrogen and oxygen atoms in total. The second-order valence-corrected chi connectivity index (χ2v) is 12.6. The van der Waals surface area contributed by atoms with E-state index in [4.69, 9.17) is 0 Å². The predicted octanol–water partition coefficient (Wildman–Crippen LogP) is 3.81. The number of anilines is 1. The van der Waals surface area contributed by atoms with Gasteiger partial charge >= 0.3 is 5.97 Å². The number of carboxylic acid groups (broad SMARTS) is 1. The van der Waals surface area contributed by atoms with Crippen molar-refractivity contribution in [3.63, 3.8) is 0 Å². The maximum absolute atomic E-state index is 14.2. The van der Waals surface area contributed by atoms with Gasteiger partial charge in [-0.05, 0) is 86.6 Å². The molecule has 1 aromatic heterocycles. The van der Waals surface area contributed by atoms with Gasteiger partial charge < -0.3 is 19.9 Å². The van der Waals surface area contributed by atoms with E-state index >= 15 is 0 Å². The number of piperidine rings is 2. The van der Waals surface area contributed by atoms with Gasteiger partial charge in [-0.25, -0.2) is 9.37 Å². The number of carboxylic acids is 1. The van der Waals surface area contributed by atoms with Crippen LogP contribution < -0.4 is 10.5 Å². The van der Waals surface area contributed by atoms with Crippen molar-refractivity contribution in [1.29, 1.82) is 0 Å². The average Bonchev–Trinajstić information content (AvgIpc) is 3.70. The van der Waals surface area contributed by atoms with Gasteiger partial charge in [-0.1, -0.05) is 25.0 Å². The number of likely N-dealkylation sites (tertiary alicyclic amines) is 2. The van der Waals surface area contributed by atoms with Crippen molar-refractivity contribution in [2.24, 2.45) is 23.7 Å². The molecule has 4 aliphatic rings. The zero-order valence-electron chi connectivity index (χ0n) is 23.3. The van der Waals surface area contributed by atoms with Crippen LogP contribution in [0.5, 0.6) is 0 Å². The Labute approximate surface area is 235 Å². The SMILES string of the molecule is O=C(O)C(CC1CC1)N1CC(CN2CCC(C3CCN(c4cc(=O)[nH]cn4)CC3)CC2)C(c2cccc(F)c2)C1. The molecule has 1 aliphatic carbocycles. The van der Waals surface area contributed by atoms with Gasteiger partial charge in [-0.2, -0.15) is 0 Å². The number of rotatable bonds is 9. The van der Waals surface area contributed by atoms with Gasteiger partial charge in [0.25, 0.3) is 5.56 Å². The van der Waals surface area contributed by atoms with Crippen LogP contribution in [0.4, 0.5) is 10.2 Å². The number of halogens is 1. The molecular formula is C31H42FN5O3. The Morgan fingerprint density at radius 2 is 1.75 bits per heavy atom. The van der Waals surface area contributed by atoms with Crippen LogP contribution in [0.15, 0.2) is 41.5 Å². The van der Waals surface area contributed by atoms with Crippen molar-refractivity contribution >= 4 is 11.8 Å². The number of hydrogen-bond donors (Lipinski definition) is 2. The molecule has 0 spiro atoms. The fraction of sp³-hybridized carbons (Fsp3) is 0.645. The third kappa shape index (κ3) is 6.41. The van der Waals surface area contributed by atoms with Crippen LogP contribution in [0.1, 0.15) is 56.4 Å². The Kier molecular flexibility index (Phi) is 8.21. The van der Waals surface area contributed by atoms with Crippen LogP contribution in [0.25, 0.3) is 0 Å². The summed E-state index contributed by atoms with van der Waals surface area (Å²) in [5, 5.41) is 10.0. The molecule has 0 radical (unpaired) electrons.